The van der Waals surface area contributed by atoms with Crippen LogP contribution in [0.2, 0.25) is 0 Å². The second-order valence-electron chi connectivity index (χ2n) is 10.5. The van der Waals surface area contributed by atoms with Crippen LogP contribution in [-0.2, 0) is 26.0 Å². The molecule has 0 radical (unpaired) electrons. The Hall–Kier alpha value is -3.64. The minimum atomic E-state index is -4.21. The van der Waals surface area contributed by atoms with E-state index < -0.39 is 27.7 Å². The standard InChI is InChI=1S/C28H37N5O6S/c1-30(2)26(34)18-31(3)27(35)19-40(37,38)29-33-17-25(23-11-9-22(10-12-23)21-7-8-21)32(28(33)36)16-15-20-5-13-24(39-4)14-6-20/h5-6,9-14,21,25,29H,7-8,15-19H2,1-4H3. The Morgan fingerprint density at radius 2 is 1.60 bits per heavy atom. The minimum Gasteiger partial charge on any atom is -0.497 e. The summed E-state index contributed by atoms with van der Waals surface area (Å²) in [6.45, 7) is 0.210. The number of nitrogens with zero attached hydrogens (tertiary/aromatic N) is 4. The van der Waals surface area contributed by atoms with Crippen molar-refractivity contribution in [3.63, 3.8) is 0 Å². The van der Waals surface area contributed by atoms with Gasteiger partial charge in [-0.1, -0.05) is 36.4 Å². The van der Waals surface area contributed by atoms with Gasteiger partial charge in [0.25, 0.3) is 0 Å². The predicted octanol–water partition coefficient (Wildman–Crippen LogP) is 1.98. The molecule has 0 bridgehead atoms. The topological polar surface area (TPSA) is 120 Å². The zero-order valence-corrected chi connectivity index (χ0v) is 24.2. The van der Waals surface area contributed by atoms with Gasteiger partial charge in [-0.2, -0.15) is 0 Å². The molecular weight excluding hydrogens is 534 g/mol. The van der Waals surface area contributed by atoms with Crippen molar-refractivity contribution in [1.29, 1.82) is 0 Å². The first-order chi connectivity index (χ1) is 19.0. The number of rotatable bonds is 12. The van der Waals surface area contributed by atoms with Crippen LogP contribution in [0, 0.1) is 0 Å². The predicted molar refractivity (Wildman–Crippen MR) is 150 cm³/mol. The summed E-state index contributed by atoms with van der Waals surface area (Å²) in [4.78, 5) is 44.2. The Kier molecular flexibility index (Phi) is 8.99. The van der Waals surface area contributed by atoms with Crippen molar-refractivity contribution in [2.24, 2.45) is 0 Å². The molecular formula is C28H37N5O6S. The van der Waals surface area contributed by atoms with Crippen molar-refractivity contribution in [2.45, 2.75) is 31.2 Å². The maximum absolute atomic E-state index is 13.5. The first-order valence-corrected chi connectivity index (χ1v) is 14.9. The smallest absolute Gasteiger partial charge is 0.335 e. The van der Waals surface area contributed by atoms with Gasteiger partial charge in [-0.25, -0.2) is 18.2 Å². The van der Waals surface area contributed by atoms with Crippen molar-refractivity contribution < 1.29 is 27.5 Å². The highest BCUT2D eigenvalue weighted by Gasteiger charge is 2.40. The van der Waals surface area contributed by atoms with Gasteiger partial charge in [-0.3, -0.25) is 9.59 Å². The van der Waals surface area contributed by atoms with Gasteiger partial charge < -0.3 is 19.4 Å². The number of hydrogen-bond acceptors (Lipinski definition) is 6. The molecule has 0 aromatic heterocycles. The van der Waals surface area contributed by atoms with E-state index in [1.807, 2.05) is 36.4 Å². The highest BCUT2D eigenvalue weighted by Crippen LogP contribution is 2.40. The molecule has 216 valence electrons. The Balaban J connectivity index is 1.47. The van der Waals surface area contributed by atoms with Gasteiger partial charge in [0.05, 0.1) is 26.2 Å². The van der Waals surface area contributed by atoms with Crippen molar-refractivity contribution in [3.8, 4) is 5.75 Å². The Bertz CT molecular complexity index is 1330. The van der Waals surface area contributed by atoms with E-state index in [1.54, 1.807) is 26.1 Å². The molecule has 1 unspecified atom stereocenters. The van der Waals surface area contributed by atoms with Gasteiger partial charge >= 0.3 is 6.03 Å². The number of sulfonamides is 1. The van der Waals surface area contributed by atoms with E-state index in [0.29, 0.717) is 18.9 Å². The number of carbonyl (C=O) groups is 3. The quantitative estimate of drug-likeness (QED) is 0.416. The van der Waals surface area contributed by atoms with Gasteiger partial charge in [0, 0.05) is 27.7 Å². The number of likely N-dealkylation sites (N-methyl/N-ethyl adjacent to an activating group) is 2. The highest BCUT2D eigenvalue weighted by atomic mass is 32.2. The highest BCUT2D eigenvalue weighted by molar-refractivity contribution is 7.90. The number of benzene rings is 2. The zero-order chi connectivity index (χ0) is 29.0. The van der Waals surface area contributed by atoms with Gasteiger partial charge in [0.1, 0.15) is 11.5 Å². The Labute approximate surface area is 235 Å². The average molecular weight is 572 g/mol. The van der Waals surface area contributed by atoms with E-state index in [-0.39, 0.29) is 25.0 Å². The fourth-order valence-corrected chi connectivity index (χ4v) is 5.70. The molecule has 2 fully saturated rings. The molecule has 11 nitrogen and oxygen atoms in total. The van der Waals surface area contributed by atoms with Crippen LogP contribution in [0.15, 0.2) is 48.5 Å². The number of hydrazine groups is 1. The van der Waals surface area contributed by atoms with E-state index in [9.17, 15) is 22.8 Å². The number of methoxy groups -OCH3 is 1. The third-order valence-electron chi connectivity index (χ3n) is 7.24. The van der Waals surface area contributed by atoms with Crippen molar-refractivity contribution in [2.75, 3.05) is 53.6 Å². The fraction of sp³-hybridized carbons (Fsp3) is 0.464. The molecule has 2 aromatic rings. The van der Waals surface area contributed by atoms with Crippen LogP contribution in [0.25, 0.3) is 0 Å². The first-order valence-electron chi connectivity index (χ1n) is 13.2. The molecule has 12 heteroatoms. The van der Waals surface area contributed by atoms with E-state index >= 15 is 0 Å². The van der Waals surface area contributed by atoms with Gasteiger partial charge in [0.15, 0.2) is 0 Å². The maximum atomic E-state index is 13.5. The van der Waals surface area contributed by atoms with Crippen LogP contribution in [0.4, 0.5) is 4.79 Å². The normalized spacial score (nSPS) is 17.2. The maximum Gasteiger partial charge on any atom is 0.335 e. The molecule has 0 spiro atoms. The molecule has 1 atom stereocenters. The first kappa shape index (κ1) is 29.3. The summed E-state index contributed by atoms with van der Waals surface area (Å²) in [7, 11) is 1.85. The lowest BCUT2D eigenvalue weighted by atomic mass is 10.0. The zero-order valence-electron chi connectivity index (χ0n) is 23.4. The number of nitrogens with one attached hydrogen (secondary N) is 1. The summed E-state index contributed by atoms with van der Waals surface area (Å²) < 4.78 is 31.0. The minimum absolute atomic E-state index is 0.0899. The molecule has 40 heavy (non-hydrogen) atoms. The summed E-state index contributed by atoms with van der Waals surface area (Å²) in [6.07, 6.45) is 2.93. The van der Waals surface area contributed by atoms with E-state index in [2.05, 4.69) is 17.0 Å². The summed E-state index contributed by atoms with van der Waals surface area (Å²) in [6, 6.07) is 14.9. The van der Waals surface area contributed by atoms with Gasteiger partial charge in [-0.15, -0.1) is 4.83 Å². The second-order valence-corrected chi connectivity index (χ2v) is 12.2. The van der Waals surface area contributed by atoms with Crippen LogP contribution >= 0.6 is 0 Å². The molecule has 2 aromatic carbocycles. The fourth-order valence-electron chi connectivity index (χ4n) is 4.61. The number of ether oxygens (including phenoxy) is 1. The lowest BCUT2D eigenvalue weighted by Gasteiger charge is -2.24. The van der Waals surface area contributed by atoms with E-state index in [0.717, 1.165) is 26.8 Å². The van der Waals surface area contributed by atoms with E-state index in [1.165, 1.54) is 30.4 Å². The molecule has 4 rings (SSSR count). The molecule has 1 saturated heterocycles. The molecule has 1 heterocycles. The number of urea groups is 1. The molecule has 1 N–H and O–H groups in total. The molecule has 2 aliphatic rings. The van der Waals surface area contributed by atoms with Crippen molar-refractivity contribution in [1.82, 2.24) is 24.5 Å². The van der Waals surface area contributed by atoms with Gasteiger partial charge in [-0.05, 0) is 54.0 Å². The van der Waals surface area contributed by atoms with Crippen LogP contribution in [-0.4, -0.2) is 99.6 Å². The van der Waals surface area contributed by atoms with Crippen molar-refractivity contribution >= 4 is 27.9 Å². The molecule has 4 amide bonds. The van der Waals surface area contributed by atoms with Crippen LogP contribution in [0.3, 0.4) is 0 Å². The third-order valence-corrected chi connectivity index (χ3v) is 8.36. The summed E-state index contributed by atoms with van der Waals surface area (Å²) >= 11 is 0. The van der Waals surface area contributed by atoms with Crippen LogP contribution in [0.1, 0.15) is 41.5 Å². The number of carbonyl (C=O) groups excluding carboxylic acids is 3. The molecule has 1 saturated carbocycles. The summed E-state index contributed by atoms with van der Waals surface area (Å²) in [5.74, 6) is -0.642. The van der Waals surface area contributed by atoms with Crippen LogP contribution < -0.4 is 9.57 Å². The Morgan fingerprint density at radius 1 is 0.975 bits per heavy atom. The number of amides is 4. The summed E-state index contributed by atoms with van der Waals surface area (Å²) in [5, 5.41) is 1.06. The van der Waals surface area contributed by atoms with E-state index in [4.69, 9.17) is 4.74 Å². The molecule has 1 aliphatic heterocycles. The Morgan fingerprint density at radius 3 is 2.17 bits per heavy atom. The monoisotopic (exact) mass is 571 g/mol. The van der Waals surface area contributed by atoms with Crippen molar-refractivity contribution in [3.05, 3.63) is 65.2 Å². The summed E-state index contributed by atoms with van der Waals surface area (Å²) in [5.41, 5.74) is 3.19. The lowest BCUT2D eigenvalue weighted by molar-refractivity contribution is -0.136. The average Bonchev–Trinajstić information content (AvgIpc) is 3.73. The largest absolute Gasteiger partial charge is 0.497 e. The van der Waals surface area contributed by atoms with Gasteiger partial charge in [0.2, 0.25) is 21.8 Å². The third kappa shape index (κ3) is 7.30. The van der Waals surface area contributed by atoms with Crippen LogP contribution in [0.5, 0.6) is 5.75 Å². The SMILES string of the molecule is COc1ccc(CCN2C(=O)N(NS(=O)(=O)CC(=O)N(C)CC(=O)N(C)C)CC2c2ccc(C3CC3)cc2)cc1. The number of hydrogen-bond donors (Lipinski definition) is 1. The second kappa shape index (κ2) is 12.3. The lowest BCUT2D eigenvalue weighted by Crippen LogP contribution is -2.48. The molecule has 1 aliphatic carbocycles.